The van der Waals surface area contributed by atoms with E-state index in [1.807, 2.05) is 6.92 Å². The Balaban J connectivity index is 1.74. The summed E-state index contributed by atoms with van der Waals surface area (Å²) >= 11 is 0. The van der Waals surface area contributed by atoms with Crippen LogP contribution in [0.5, 0.6) is 0 Å². The van der Waals surface area contributed by atoms with E-state index in [2.05, 4.69) is 10.3 Å². The molecule has 1 atom stereocenters. The first-order valence-electron chi connectivity index (χ1n) is 8.80. The monoisotopic (exact) mass is 377 g/mol. The highest BCUT2D eigenvalue weighted by atomic mass is 19.1. The van der Waals surface area contributed by atoms with Crippen LogP contribution >= 0.6 is 0 Å². The second-order valence-corrected chi connectivity index (χ2v) is 6.42. The Morgan fingerprint density at radius 1 is 1.04 bits per heavy atom. The van der Waals surface area contributed by atoms with Gasteiger partial charge in [0.05, 0.1) is 11.6 Å². The van der Waals surface area contributed by atoms with Gasteiger partial charge < -0.3 is 10.2 Å². The lowest BCUT2D eigenvalue weighted by Crippen LogP contribution is -2.29. The molecule has 0 spiro atoms. The summed E-state index contributed by atoms with van der Waals surface area (Å²) in [6, 6.07) is 15.9. The number of nitrogens with zero attached hydrogens (tertiary/aromatic N) is 2. The minimum atomic E-state index is -0.318. The van der Waals surface area contributed by atoms with Crippen LogP contribution in [0.25, 0.3) is 0 Å². The lowest BCUT2D eigenvalue weighted by Gasteiger charge is -2.25. The van der Waals surface area contributed by atoms with Crippen LogP contribution in [0.1, 0.15) is 39.2 Å². The van der Waals surface area contributed by atoms with Crippen molar-refractivity contribution in [1.29, 1.82) is 0 Å². The van der Waals surface area contributed by atoms with Gasteiger partial charge in [0.15, 0.2) is 0 Å². The van der Waals surface area contributed by atoms with Gasteiger partial charge in [-0.3, -0.25) is 14.6 Å². The number of hydrogen-bond acceptors (Lipinski definition) is 3. The molecule has 3 aromatic rings. The lowest BCUT2D eigenvalue weighted by atomic mass is 10.1. The van der Waals surface area contributed by atoms with Gasteiger partial charge in [0.25, 0.3) is 11.8 Å². The Morgan fingerprint density at radius 2 is 1.75 bits per heavy atom. The maximum absolute atomic E-state index is 13.1. The van der Waals surface area contributed by atoms with E-state index >= 15 is 0 Å². The molecule has 5 nitrogen and oxygen atoms in total. The molecule has 0 fully saturated rings. The quantitative estimate of drug-likeness (QED) is 0.721. The topological polar surface area (TPSA) is 62.3 Å². The van der Waals surface area contributed by atoms with Crippen molar-refractivity contribution in [3.05, 3.63) is 95.6 Å². The standard InChI is InChI=1S/C22H20FN3O2/c1-15(16-8-10-19(23)11-9-16)26(2)22(28)17-5-3-7-20(13-17)25-21(27)18-6-4-12-24-14-18/h3-15H,1-2H3,(H,25,27)/t15-/m1/s1. The van der Waals surface area contributed by atoms with Crippen molar-refractivity contribution in [2.75, 3.05) is 12.4 Å². The van der Waals surface area contributed by atoms with Gasteiger partial charge in [-0.15, -0.1) is 0 Å². The molecule has 3 rings (SSSR count). The molecule has 28 heavy (non-hydrogen) atoms. The number of carbonyl (C=O) groups excluding carboxylic acids is 2. The summed E-state index contributed by atoms with van der Waals surface area (Å²) in [5.74, 6) is -0.818. The number of aromatic nitrogens is 1. The molecule has 1 heterocycles. The third kappa shape index (κ3) is 4.40. The maximum Gasteiger partial charge on any atom is 0.257 e. The van der Waals surface area contributed by atoms with Crippen LogP contribution in [0.3, 0.4) is 0 Å². The summed E-state index contributed by atoms with van der Waals surface area (Å²) in [6.45, 7) is 1.87. The summed E-state index contributed by atoms with van der Waals surface area (Å²) in [5.41, 5.74) is 2.22. The zero-order valence-corrected chi connectivity index (χ0v) is 15.6. The van der Waals surface area contributed by atoms with Crippen LogP contribution < -0.4 is 5.32 Å². The van der Waals surface area contributed by atoms with Gasteiger partial charge in [-0.2, -0.15) is 0 Å². The number of hydrogen-bond donors (Lipinski definition) is 1. The van der Waals surface area contributed by atoms with Crippen LogP contribution in [-0.2, 0) is 0 Å². The third-order valence-electron chi connectivity index (χ3n) is 4.54. The fourth-order valence-corrected chi connectivity index (χ4v) is 2.77. The molecule has 0 saturated carbocycles. The molecule has 0 aliphatic heterocycles. The molecule has 0 unspecified atom stereocenters. The van der Waals surface area contributed by atoms with E-state index in [1.54, 1.807) is 66.7 Å². The summed E-state index contributed by atoms with van der Waals surface area (Å²) in [5, 5.41) is 2.77. The van der Waals surface area contributed by atoms with Gasteiger partial charge in [0.1, 0.15) is 5.82 Å². The SMILES string of the molecule is C[C@H](c1ccc(F)cc1)N(C)C(=O)c1cccc(NC(=O)c2cccnc2)c1. The van der Waals surface area contributed by atoms with Crippen molar-refractivity contribution in [3.8, 4) is 0 Å². The van der Waals surface area contributed by atoms with Crippen LogP contribution in [-0.4, -0.2) is 28.7 Å². The number of amides is 2. The van der Waals surface area contributed by atoms with E-state index in [0.29, 0.717) is 16.8 Å². The van der Waals surface area contributed by atoms with E-state index in [9.17, 15) is 14.0 Å². The first-order chi connectivity index (χ1) is 13.5. The van der Waals surface area contributed by atoms with Crippen molar-refractivity contribution in [2.45, 2.75) is 13.0 Å². The molecule has 0 aliphatic rings. The van der Waals surface area contributed by atoms with E-state index in [0.717, 1.165) is 5.56 Å². The van der Waals surface area contributed by atoms with Crippen LogP contribution in [0, 0.1) is 5.82 Å². The van der Waals surface area contributed by atoms with Gasteiger partial charge in [0, 0.05) is 30.7 Å². The fourth-order valence-electron chi connectivity index (χ4n) is 2.77. The first-order valence-corrected chi connectivity index (χ1v) is 8.80. The number of rotatable bonds is 5. The Kier molecular flexibility index (Phi) is 5.79. The number of carbonyl (C=O) groups is 2. The number of anilines is 1. The van der Waals surface area contributed by atoms with Crippen molar-refractivity contribution >= 4 is 17.5 Å². The van der Waals surface area contributed by atoms with Crippen molar-refractivity contribution < 1.29 is 14.0 Å². The molecule has 2 amide bonds. The Bertz CT molecular complexity index is 975. The molecule has 2 aromatic carbocycles. The first kappa shape index (κ1) is 19.2. The number of nitrogens with one attached hydrogen (secondary N) is 1. The van der Waals surface area contributed by atoms with Crippen LogP contribution in [0.4, 0.5) is 10.1 Å². The Morgan fingerprint density at radius 3 is 2.43 bits per heavy atom. The van der Waals surface area contributed by atoms with Gasteiger partial charge in [-0.25, -0.2) is 4.39 Å². The average Bonchev–Trinajstić information content (AvgIpc) is 2.73. The summed E-state index contributed by atoms with van der Waals surface area (Å²) in [6.07, 6.45) is 3.07. The lowest BCUT2D eigenvalue weighted by molar-refractivity contribution is 0.0742. The molecule has 0 saturated heterocycles. The van der Waals surface area contributed by atoms with Crippen molar-refractivity contribution in [3.63, 3.8) is 0 Å². The zero-order valence-electron chi connectivity index (χ0n) is 15.6. The average molecular weight is 377 g/mol. The fraction of sp³-hybridized carbons (Fsp3) is 0.136. The van der Waals surface area contributed by atoms with Crippen LogP contribution in [0.2, 0.25) is 0 Å². The molecule has 0 aliphatic carbocycles. The molecule has 0 radical (unpaired) electrons. The predicted octanol–water partition coefficient (Wildman–Crippen LogP) is 4.31. The van der Waals surface area contributed by atoms with Crippen molar-refractivity contribution in [1.82, 2.24) is 9.88 Å². The summed E-state index contributed by atoms with van der Waals surface area (Å²) < 4.78 is 13.1. The molecular formula is C22H20FN3O2. The molecular weight excluding hydrogens is 357 g/mol. The van der Waals surface area contributed by atoms with Gasteiger partial charge in [-0.1, -0.05) is 18.2 Å². The van der Waals surface area contributed by atoms with E-state index in [1.165, 1.54) is 18.3 Å². The molecule has 1 aromatic heterocycles. The third-order valence-corrected chi connectivity index (χ3v) is 4.54. The van der Waals surface area contributed by atoms with E-state index in [-0.39, 0.29) is 23.7 Å². The minimum Gasteiger partial charge on any atom is -0.335 e. The highest BCUT2D eigenvalue weighted by Crippen LogP contribution is 2.22. The minimum absolute atomic E-state index is 0.200. The second kappa shape index (κ2) is 8.43. The second-order valence-electron chi connectivity index (χ2n) is 6.42. The van der Waals surface area contributed by atoms with Gasteiger partial charge >= 0.3 is 0 Å². The van der Waals surface area contributed by atoms with Gasteiger partial charge in [-0.05, 0) is 55.0 Å². The zero-order chi connectivity index (χ0) is 20.1. The summed E-state index contributed by atoms with van der Waals surface area (Å²) in [4.78, 5) is 30.6. The van der Waals surface area contributed by atoms with Gasteiger partial charge in [0.2, 0.25) is 0 Å². The Labute approximate surface area is 162 Å². The molecule has 0 bridgehead atoms. The number of pyridine rings is 1. The number of benzene rings is 2. The highest BCUT2D eigenvalue weighted by molar-refractivity contribution is 6.04. The largest absolute Gasteiger partial charge is 0.335 e. The van der Waals surface area contributed by atoms with E-state index < -0.39 is 0 Å². The van der Waals surface area contributed by atoms with Crippen LogP contribution in [0.15, 0.2) is 73.1 Å². The number of halogens is 1. The maximum atomic E-state index is 13.1. The molecule has 6 heteroatoms. The molecule has 1 N–H and O–H groups in total. The van der Waals surface area contributed by atoms with E-state index in [4.69, 9.17) is 0 Å². The van der Waals surface area contributed by atoms with Crippen molar-refractivity contribution in [2.24, 2.45) is 0 Å². The smallest absolute Gasteiger partial charge is 0.257 e. The highest BCUT2D eigenvalue weighted by Gasteiger charge is 2.19. The predicted molar refractivity (Wildman–Crippen MR) is 106 cm³/mol. The molecule has 142 valence electrons. The Hall–Kier alpha value is -3.54. The summed E-state index contributed by atoms with van der Waals surface area (Å²) in [7, 11) is 1.69. The normalized spacial score (nSPS) is 11.5.